The predicted octanol–water partition coefficient (Wildman–Crippen LogP) is 2.35. The van der Waals surface area contributed by atoms with Crippen molar-refractivity contribution in [3.63, 3.8) is 0 Å². The Morgan fingerprint density at radius 1 is 1.30 bits per heavy atom. The number of aromatic amines is 1. The number of halogens is 1. The van der Waals surface area contributed by atoms with Gasteiger partial charge in [-0.2, -0.15) is 5.10 Å². The van der Waals surface area contributed by atoms with Crippen LogP contribution in [-0.4, -0.2) is 47.2 Å². The van der Waals surface area contributed by atoms with E-state index in [1.165, 1.54) is 5.56 Å². The molecule has 0 bridgehead atoms. The molecule has 1 amide bonds. The van der Waals surface area contributed by atoms with Crippen LogP contribution in [0.2, 0.25) is 5.02 Å². The van der Waals surface area contributed by atoms with Crippen molar-refractivity contribution >= 4 is 17.5 Å². The third kappa shape index (κ3) is 4.34. The lowest BCUT2D eigenvalue weighted by molar-refractivity contribution is 0.0929. The average molecular weight is 388 g/mol. The van der Waals surface area contributed by atoms with Gasteiger partial charge in [0.15, 0.2) is 5.69 Å². The van der Waals surface area contributed by atoms with Gasteiger partial charge in [0.2, 0.25) is 0 Å². The van der Waals surface area contributed by atoms with Crippen molar-refractivity contribution in [1.29, 1.82) is 0 Å². The molecule has 6 nitrogen and oxygen atoms in total. The highest BCUT2D eigenvalue weighted by molar-refractivity contribution is 6.31. The Bertz CT molecular complexity index is 797. The Labute approximate surface area is 164 Å². The van der Waals surface area contributed by atoms with Crippen LogP contribution in [0.3, 0.4) is 0 Å². The topological polar surface area (TPSA) is 73.0 Å². The van der Waals surface area contributed by atoms with Crippen molar-refractivity contribution < 1.29 is 4.79 Å². The van der Waals surface area contributed by atoms with E-state index in [2.05, 4.69) is 31.8 Å². The van der Waals surface area contributed by atoms with Crippen LogP contribution in [0, 0.1) is 5.92 Å². The van der Waals surface area contributed by atoms with E-state index in [0.29, 0.717) is 18.2 Å². The van der Waals surface area contributed by atoms with Crippen molar-refractivity contribution in [1.82, 2.24) is 25.7 Å². The Morgan fingerprint density at radius 3 is 2.93 bits per heavy atom. The van der Waals surface area contributed by atoms with Gasteiger partial charge in [-0.15, -0.1) is 0 Å². The molecule has 0 saturated carbocycles. The second-order valence-corrected chi connectivity index (χ2v) is 7.88. The number of carbonyl (C=O) groups excluding carboxylic acids is 1. The van der Waals surface area contributed by atoms with E-state index >= 15 is 0 Å². The zero-order valence-corrected chi connectivity index (χ0v) is 16.2. The highest BCUT2D eigenvalue weighted by atomic mass is 35.5. The minimum Gasteiger partial charge on any atom is -0.350 e. The van der Waals surface area contributed by atoms with E-state index in [9.17, 15) is 4.79 Å². The van der Waals surface area contributed by atoms with Gasteiger partial charge in [-0.3, -0.25) is 14.8 Å². The maximum absolute atomic E-state index is 12.5. The summed E-state index contributed by atoms with van der Waals surface area (Å²) in [6, 6.07) is 8.04. The van der Waals surface area contributed by atoms with Gasteiger partial charge in [0.05, 0.1) is 0 Å². The number of hydrogen-bond acceptors (Lipinski definition) is 4. The first-order chi connectivity index (χ1) is 13.2. The van der Waals surface area contributed by atoms with Crippen molar-refractivity contribution in [2.24, 2.45) is 5.92 Å². The van der Waals surface area contributed by atoms with E-state index in [4.69, 9.17) is 11.6 Å². The zero-order valence-electron chi connectivity index (χ0n) is 15.4. The Kier molecular flexibility index (Phi) is 5.76. The fraction of sp³-hybridized carbons (Fsp3) is 0.500. The average Bonchev–Trinajstić information content (AvgIpc) is 3.13. The van der Waals surface area contributed by atoms with Crippen LogP contribution in [0.25, 0.3) is 0 Å². The molecule has 2 aromatic rings. The summed E-state index contributed by atoms with van der Waals surface area (Å²) in [4.78, 5) is 15.0. The summed E-state index contributed by atoms with van der Waals surface area (Å²) in [5, 5.41) is 14.5. The number of amides is 1. The predicted molar refractivity (Wildman–Crippen MR) is 106 cm³/mol. The summed E-state index contributed by atoms with van der Waals surface area (Å²) in [5.41, 5.74) is 3.84. The van der Waals surface area contributed by atoms with Crippen molar-refractivity contribution in [2.75, 3.05) is 26.2 Å². The number of hydrogen-bond donors (Lipinski definition) is 3. The van der Waals surface area contributed by atoms with Crippen molar-refractivity contribution in [2.45, 2.75) is 32.4 Å². The third-order valence-electron chi connectivity index (χ3n) is 5.63. The second-order valence-electron chi connectivity index (χ2n) is 7.48. The number of fused-ring (bicyclic) bond motifs is 1. The van der Waals surface area contributed by atoms with Crippen LogP contribution < -0.4 is 10.6 Å². The molecule has 2 aliphatic heterocycles. The quantitative estimate of drug-likeness (QED) is 0.736. The highest BCUT2D eigenvalue weighted by Gasteiger charge is 2.24. The first kappa shape index (κ1) is 18.5. The maximum atomic E-state index is 12.5. The molecule has 7 heteroatoms. The Hall–Kier alpha value is -1.89. The molecule has 0 radical (unpaired) electrons. The number of nitrogens with one attached hydrogen (secondary N) is 3. The molecule has 4 rings (SSSR count). The van der Waals surface area contributed by atoms with E-state index in [1.54, 1.807) is 0 Å². The lowest BCUT2D eigenvalue weighted by atomic mass is 9.96. The molecule has 0 aliphatic carbocycles. The molecule has 1 aromatic carbocycles. The largest absolute Gasteiger partial charge is 0.350 e. The first-order valence-electron chi connectivity index (χ1n) is 9.71. The summed E-state index contributed by atoms with van der Waals surface area (Å²) in [6.07, 6.45) is 3.08. The summed E-state index contributed by atoms with van der Waals surface area (Å²) < 4.78 is 0. The van der Waals surface area contributed by atoms with Crippen LogP contribution >= 0.6 is 11.6 Å². The number of nitrogens with zero attached hydrogens (tertiary/aromatic N) is 2. The third-order valence-corrected chi connectivity index (χ3v) is 6.00. The van der Waals surface area contributed by atoms with Gasteiger partial charge in [0.1, 0.15) is 0 Å². The number of likely N-dealkylation sites (tertiary alicyclic amines) is 1. The number of benzene rings is 1. The van der Waals surface area contributed by atoms with Gasteiger partial charge in [-0.05, 0) is 43.5 Å². The van der Waals surface area contributed by atoms with Gasteiger partial charge in [-0.25, -0.2) is 0 Å². The van der Waals surface area contributed by atoms with E-state index in [1.807, 2.05) is 18.2 Å². The van der Waals surface area contributed by atoms with Crippen LogP contribution in [0.15, 0.2) is 24.3 Å². The minimum atomic E-state index is -0.0605. The number of rotatable bonds is 5. The smallest absolute Gasteiger partial charge is 0.272 e. The van der Waals surface area contributed by atoms with Gasteiger partial charge in [0.25, 0.3) is 5.91 Å². The van der Waals surface area contributed by atoms with Gasteiger partial charge < -0.3 is 10.6 Å². The fourth-order valence-electron chi connectivity index (χ4n) is 3.95. The van der Waals surface area contributed by atoms with Crippen LogP contribution in [0.5, 0.6) is 0 Å². The second kappa shape index (κ2) is 8.42. The van der Waals surface area contributed by atoms with E-state index in [0.717, 1.165) is 68.3 Å². The van der Waals surface area contributed by atoms with Crippen molar-refractivity contribution in [3.05, 3.63) is 51.8 Å². The summed E-state index contributed by atoms with van der Waals surface area (Å²) in [5.74, 6) is 0.457. The van der Waals surface area contributed by atoms with E-state index in [-0.39, 0.29) is 5.91 Å². The summed E-state index contributed by atoms with van der Waals surface area (Å²) in [7, 11) is 0. The number of H-pyrrole nitrogens is 1. The summed E-state index contributed by atoms with van der Waals surface area (Å²) >= 11 is 6.27. The maximum Gasteiger partial charge on any atom is 0.272 e. The molecule has 1 saturated heterocycles. The molecule has 144 valence electrons. The van der Waals surface area contributed by atoms with Gasteiger partial charge >= 0.3 is 0 Å². The highest BCUT2D eigenvalue weighted by Crippen LogP contribution is 2.22. The number of carbonyl (C=O) groups is 1. The molecule has 0 unspecified atom stereocenters. The molecule has 1 fully saturated rings. The summed E-state index contributed by atoms with van der Waals surface area (Å²) in [6.45, 7) is 5.33. The normalized spacial score (nSPS) is 18.3. The van der Waals surface area contributed by atoms with Crippen LogP contribution in [0.4, 0.5) is 0 Å². The monoisotopic (exact) mass is 387 g/mol. The minimum absolute atomic E-state index is 0.0605. The van der Waals surface area contributed by atoms with Crippen molar-refractivity contribution in [3.8, 4) is 0 Å². The van der Waals surface area contributed by atoms with Crippen LogP contribution in [-0.2, 0) is 19.5 Å². The van der Waals surface area contributed by atoms with E-state index < -0.39 is 0 Å². The molecule has 2 aliphatic rings. The molecule has 27 heavy (non-hydrogen) atoms. The first-order valence-corrected chi connectivity index (χ1v) is 10.1. The zero-order chi connectivity index (χ0) is 18.6. The van der Waals surface area contributed by atoms with Gasteiger partial charge in [0, 0.05) is 48.9 Å². The van der Waals surface area contributed by atoms with Crippen LogP contribution in [0.1, 0.15) is 40.2 Å². The lowest BCUT2D eigenvalue weighted by Gasteiger charge is -2.32. The lowest BCUT2D eigenvalue weighted by Crippen LogP contribution is -2.38. The number of piperidine rings is 1. The standard InChI is InChI=1S/C20H26ClN5O/c21-17-4-2-1-3-15(17)13-26-9-6-14(7-10-26)11-23-20(27)19-16-12-22-8-5-18(16)24-25-19/h1-4,14,22H,5-13H2,(H,23,27)(H,24,25). The Morgan fingerprint density at radius 2 is 2.11 bits per heavy atom. The fourth-order valence-corrected chi connectivity index (χ4v) is 4.15. The molecule has 0 atom stereocenters. The van der Waals surface area contributed by atoms with Gasteiger partial charge in [-0.1, -0.05) is 29.8 Å². The molecular weight excluding hydrogens is 362 g/mol. The molecule has 0 spiro atoms. The molecule has 1 aromatic heterocycles. The molecule has 3 N–H and O–H groups in total. The Balaban J connectivity index is 1.24. The molecular formula is C20H26ClN5O. The SMILES string of the molecule is O=C(NCC1CCN(Cc2ccccc2Cl)CC1)c1n[nH]c2c1CNCC2. The number of aromatic nitrogens is 2. The molecule has 3 heterocycles.